The van der Waals surface area contributed by atoms with E-state index >= 15 is 0 Å². The maximum absolute atomic E-state index is 13.0. The fourth-order valence-electron chi connectivity index (χ4n) is 3.34. The normalized spacial score (nSPS) is 14.1. The highest BCUT2D eigenvalue weighted by Gasteiger charge is 2.21. The fraction of sp³-hybridized carbons (Fsp3) is 0.409. The summed E-state index contributed by atoms with van der Waals surface area (Å²) >= 11 is 0. The van der Waals surface area contributed by atoms with E-state index in [4.69, 9.17) is 4.74 Å². The molecule has 6 heteroatoms. The van der Waals surface area contributed by atoms with E-state index in [-0.39, 0.29) is 11.8 Å². The van der Waals surface area contributed by atoms with Crippen LogP contribution in [-0.2, 0) is 0 Å². The summed E-state index contributed by atoms with van der Waals surface area (Å²) in [4.78, 5) is 16.3. The molecule has 0 bridgehead atoms. The van der Waals surface area contributed by atoms with Crippen molar-refractivity contribution >= 4 is 11.7 Å². The lowest BCUT2D eigenvalue weighted by Gasteiger charge is -2.36. The average Bonchev–Trinajstić information content (AvgIpc) is 2.69. The van der Waals surface area contributed by atoms with Gasteiger partial charge in [-0.1, -0.05) is 6.07 Å². The van der Waals surface area contributed by atoms with Crippen molar-refractivity contribution < 1.29 is 13.9 Å². The Morgan fingerprint density at radius 2 is 1.64 bits per heavy atom. The van der Waals surface area contributed by atoms with Crippen molar-refractivity contribution in [2.24, 2.45) is 0 Å². The molecular formula is C22H28FN3O2. The second-order valence-corrected chi connectivity index (χ2v) is 7.23. The number of nitrogens with zero attached hydrogens (tertiary/aromatic N) is 2. The highest BCUT2D eigenvalue weighted by atomic mass is 19.1. The molecule has 1 saturated heterocycles. The minimum Gasteiger partial charge on any atom is -0.491 e. The molecular weight excluding hydrogens is 357 g/mol. The van der Waals surface area contributed by atoms with Crippen molar-refractivity contribution in [2.75, 3.05) is 44.2 Å². The molecule has 150 valence electrons. The van der Waals surface area contributed by atoms with E-state index in [0.717, 1.165) is 30.1 Å². The number of piperazine rings is 1. The topological polar surface area (TPSA) is 44.8 Å². The van der Waals surface area contributed by atoms with Crippen LogP contribution in [0.2, 0.25) is 0 Å². The summed E-state index contributed by atoms with van der Waals surface area (Å²) in [5.41, 5.74) is 4.53. The van der Waals surface area contributed by atoms with Crippen LogP contribution < -0.4 is 15.0 Å². The zero-order chi connectivity index (χ0) is 20.1. The van der Waals surface area contributed by atoms with Gasteiger partial charge in [-0.05, 0) is 67.8 Å². The summed E-state index contributed by atoms with van der Waals surface area (Å²) in [7, 11) is 0. The first-order valence-corrected chi connectivity index (χ1v) is 9.68. The van der Waals surface area contributed by atoms with Gasteiger partial charge in [0.05, 0.1) is 6.54 Å². The molecule has 2 amide bonds. The van der Waals surface area contributed by atoms with E-state index in [1.807, 2.05) is 13.0 Å². The number of carbonyl (C=O) groups excluding carboxylic acids is 1. The highest BCUT2D eigenvalue weighted by molar-refractivity contribution is 5.74. The van der Waals surface area contributed by atoms with E-state index in [2.05, 4.69) is 30.1 Å². The van der Waals surface area contributed by atoms with Gasteiger partial charge in [-0.25, -0.2) is 9.18 Å². The number of hydrogen-bond acceptors (Lipinski definition) is 3. The molecule has 3 rings (SSSR count). The van der Waals surface area contributed by atoms with Gasteiger partial charge in [0.2, 0.25) is 0 Å². The van der Waals surface area contributed by atoms with Gasteiger partial charge in [0.15, 0.2) is 0 Å². The average molecular weight is 385 g/mol. The molecule has 0 spiro atoms. The second kappa shape index (κ2) is 8.95. The first kappa shape index (κ1) is 20.0. The van der Waals surface area contributed by atoms with Crippen LogP contribution in [0.5, 0.6) is 5.75 Å². The first-order chi connectivity index (χ1) is 13.4. The Labute approximate surface area is 166 Å². The number of amides is 2. The summed E-state index contributed by atoms with van der Waals surface area (Å²) in [6.07, 6.45) is 0. The largest absolute Gasteiger partial charge is 0.491 e. The monoisotopic (exact) mass is 385 g/mol. The van der Waals surface area contributed by atoms with Crippen molar-refractivity contribution in [3.05, 3.63) is 58.9 Å². The summed E-state index contributed by atoms with van der Waals surface area (Å²) in [5.74, 6) is 0.630. The minimum atomic E-state index is -0.236. The molecule has 1 heterocycles. The van der Waals surface area contributed by atoms with Crippen LogP contribution in [0.1, 0.15) is 16.7 Å². The number of rotatable bonds is 5. The SMILES string of the molecule is Cc1cc(C)c(OCCNC(=O)N2CCN(c3ccc(F)cc3)CC2)cc1C. The molecule has 0 saturated carbocycles. The molecule has 28 heavy (non-hydrogen) atoms. The van der Waals surface area contributed by atoms with E-state index in [0.29, 0.717) is 26.2 Å². The third-order valence-corrected chi connectivity index (χ3v) is 5.19. The van der Waals surface area contributed by atoms with Gasteiger partial charge in [-0.15, -0.1) is 0 Å². The van der Waals surface area contributed by atoms with E-state index in [1.165, 1.54) is 23.3 Å². The summed E-state index contributed by atoms with van der Waals surface area (Å²) in [6.45, 7) is 9.82. The van der Waals surface area contributed by atoms with Crippen LogP contribution in [0.4, 0.5) is 14.9 Å². The standard InChI is InChI=1S/C22H28FN3O2/c1-16-14-18(3)21(15-17(16)2)28-13-8-24-22(27)26-11-9-25(10-12-26)20-6-4-19(23)5-7-20/h4-7,14-15H,8-13H2,1-3H3,(H,24,27). The zero-order valence-corrected chi connectivity index (χ0v) is 16.8. The minimum absolute atomic E-state index is 0.0702. The molecule has 0 unspecified atom stereocenters. The predicted octanol–water partition coefficient (Wildman–Crippen LogP) is 3.66. The smallest absolute Gasteiger partial charge is 0.317 e. The number of anilines is 1. The van der Waals surface area contributed by atoms with Crippen molar-refractivity contribution in [2.45, 2.75) is 20.8 Å². The summed E-state index contributed by atoms with van der Waals surface area (Å²) in [6, 6.07) is 10.6. The van der Waals surface area contributed by atoms with Gasteiger partial charge in [0, 0.05) is 31.9 Å². The fourth-order valence-corrected chi connectivity index (χ4v) is 3.34. The van der Waals surface area contributed by atoms with Crippen LogP contribution in [0, 0.1) is 26.6 Å². The quantitative estimate of drug-likeness (QED) is 0.799. The Morgan fingerprint density at radius 3 is 2.32 bits per heavy atom. The summed E-state index contributed by atoms with van der Waals surface area (Å²) in [5, 5.41) is 2.92. The highest BCUT2D eigenvalue weighted by Crippen LogP contribution is 2.22. The number of nitrogens with one attached hydrogen (secondary N) is 1. The van der Waals surface area contributed by atoms with Gasteiger partial charge < -0.3 is 19.9 Å². The summed E-state index contributed by atoms with van der Waals surface area (Å²) < 4.78 is 18.9. The third kappa shape index (κ3) is 4.94. The van der Waals surface area contributed by atoms with Gasteiger partial charge in [0.25, 0.3) is 0 Å². The molecule has 0 radical (unpaired) electrons. The van der Waals surface area contributed by atoms with Gasteiger partial charge in [-0.2, -0.15) is 0 Å². The number of aryl methyl sites for hydroxylation is 3. The molecule has 1 N–H and O–H groups in total. The number of hydrogen-bond donors (Lipinski definition) is 1. The maximum Gasteiger partial charge on any atom is 0.317 e. The molecule has 0 aromatic heterocycles. The van der Waals surface area contributed by atoms with Crippen LogP contribution in [0.15, 0.2) is 36.4 Å². The Bertz CT molecular complexity index is 815. The van der Waals surface area contributed by atoms with Crippen molar-refractivity contribution in [3.63, 3.8) is 0 Å². The molecule has 0 atom stereocenters. The number of halogens is 1. The third-order valence-electron chi connectivity index (χ3n) is 5.19. The molecule has 1 aliphatic rings. The lowest BCUT2D eigenvalue weighted by Crippen LogP contribution is -2.52. The molecule has 2 aromatic rings. The lowest BCUT2D eigenvalue weighted by molar-refractivity contribution is 0.191. The Balaban J connectivity index is 1.40. The van der Waals surface area contributed by atoms with Gasteiger partial charge in [-0.3, -0.25) is 0 Å². The Kier molecular flexibility index (Phi) is 6.39. The van der Waals surface area contributed by atoms with Gasteiger partial charge >= 0.3 is 6.03 Å². The molecule has 5 nitrogen and oxygen atoms in total. The van der Waals surface area contributed by atoms with Crippen LogP contribution in [0.3, 0.4) is 0 Å². The molecule has 1 fully saturated rings. The maximum atomic E-state index is 13.0. The van der Waals surface area contributed by atoms with Crippen molar-refractivity contribution in [1.29, 1.82) is 0 Å². The molecule has 1 aliphatic heterocycles. The molecule has 2 aromatic carbocycles. The lowest BCUT2D eigenvalue weighted by atomic mass is 10.1. The van der Waals surface area contributed by atoms with E-state index in [1.54, 1.807) is 17.0 Å². The Hall–Kier alpha value is -2.76. The van der Waals surface area contributed by atoms with E-state index < -0.39 is 0 Å². The number of urea groups is 1. The Morgan fingerprint density at radius 1 is 1.00 bits per heavy atom. The zero-order valence-electron chi connectivity index (χ0n) is 16.8. The van der Waals surface area contributed by atoms with Crippen LogP contribution in [0.25, 0.3) is 0 Å². The molecule has 0 aliphatic carbocycles. The number of carbonyl (C=O) groups is 1. The van der Waals surface area contributed by atoms with Crippen LogP contribution >= 0.6 is 0 Å². The van der Waals surface area contributed by atoms with Crippen molar-refractivity contribution in [3.8, 4) is 5.75 Å². The second-order valence-electron chi connectivity index (χ2n) is 7.23. The number of benzene rings is 2. The number of ether oxygens (including phenoxy) is 1. The van der Waals surface area contributed by atoms with Gasteiger partial charge in [0.1, 0.15) is 18.2 Å². The van der Waals surface area contributed by atoms with E-state index in [9.17, 15) is 9.18 Å². The van der Waals surface area contributed by atoms with Crippen LogP contribution in [-0.4, -0.2) is 50.3 Å². The van der Waals surface area contributed by atoms with Crippen molar-refractivity contribution in [1.82, 2.24) is 10.2 Å². The predicted molar refractivity (Wildman–Crippen MR) is 110 cm³/mol. The first-order valence-electron chi connectivity index (χ1n) is 9.68.